The number of nitrogens with one attached hydrogen (secondary N) is 1. The smallest absolute Gasteiger partial charge is 0.254 e. The normalized spacial score (nSPS) is 17.2. The Kier molecular flexibility index (Phi) is 5.81. The van der Waals surface area contributed by atoms with Crippen LogP contribution in [-0.4, -0.2) is 37.1 Å². The number of rotatable bonds is 4. The molecule has 1 aliphatic heterocycles. The summed E-state index contributed by atoms with van der Waals surface area (Å²) in [4.78, 5) is 18.8. The molecule has 0 radical (unpaired) electrons. The molecule has 1 atom stereocenters. The Labute approximate surface area is 160 Å². The lowest BCUT2D eigenvalue weighted by Gasteiger charge is -2.35. The molecule has 3 rings (SSSR count). The van der Waals surface area contributed by atoms with Crippen LogP contribution in [-0.2, 0) is 0 Å². The third-order valence-corrected chi connectivity index (χ3v) is 4.97. The Morgan fingerprint density at radius 3 is 3.04 bits per heavy atom. The topological polar surface area (TPSA) is 54.5 Å². The highest BCUT2D eigenvalue weighted by atomic mass is 79.9. The van der Waals surface area contributed by atoms with Crippen LogP contribution in [0.25, 0.3) is 0 Å². The molecule has 0 spiro atoms. The molecule has 1 fully saturated rings. The van der Waals surface area contributed by atoms with Crippen molar-refractivity contribution >= 4 is 39.1 Å². The third-order valence-electron chi connectivity index (χ3n) is 4.23. The second kappa shape index (κ2) is 8.06. The minimum absolute atomic E-state index is 0.0428. The van der Waals surface area contributed by atoms with Crippen molar-refractivity contribution in [2.75, 3.05) is 25.1 Å². The average Bonchev–Trinajstić information content (AvgIpc) is 2.63. The molecule has 5 nitrogen and oxygen atoms in total. The van der Waals surface area contributed by atoms with Crippen molar-refractivity contribution in [2.45, 2.75) is 18.9 Å². The molecular weight excluding hydrogens is 406 g/mol. The number of aromatic nitrogens is 1. The summed E-state index contributed by atoms with van der Waals surface area (Å²) in [6.07, 6.45) is 3.49. The number of piperidine rings is 1. The van der Waals surface area contributed by atoms with Gasteiger partial charge in [0.15, 0.2) is 0 Å². The fourth-order valence-corrected chi connectivity index (χ4v) is 3.57. The maximum absolute atomic E-state index is 12.6. The number of hydrogen-bond acceptors (Lipinski definition) is 4. The minimum Gasteiger partial charge on any atom is -0.495 e. The van der Waals surface area contributed by atoms with Gasteiger partial charge in [-0.3, -0.25) is 4.79 Å². The fraction of sp³-hybridized carbons (Fsp3) is 0.333. The number of methoxy groups -OCH3 is 1. The van der Waals surface area contributed by atoms with Gasteiger partial charge in [-0.2, -0.15) is 0 Å². The summed E-state index contributed by atoms with van der Waals surface area (Å²) >= 11 is 9.38. The Bertz CT molecular complexity index is 772. The molecule has 2 heterocycles. The van der Waals surface area contributed by atoms with Gasteiger partial charge in [0.25, 0.3) is 5.91 Å². The number of anilines is 1. The van der Waals surface area contributed by atoms with E-state index in [1.165, 1.54) is 0 Å². The van der Waals surface area contributed by atoms with Crippen LogP contribution in [0.15, 0.2) is 41.0 Å². The minimum atomic E-state index is -0.203. The van der Waals surface area contributed by atoms with Crippen LogP contribution >= 0.6 is 27.5 Å². The first-order valence-electron chi connectivity index (χ1n) is 8.08. The third kappa shape index (κ3) is 4.25. The quantitative estimate of drug-likeness (QED) is 0.756. The molecule has 1 aromatic heterocycles. The highest BCUT2D eigenvalue weighted by Crippen LogP contribution is 2.30. The summed E-state index contributed by atoms with van der Waals surface area (Å²) in [5.41, 5.74) is 1.43. The van der Waals surface area contributed by atoms with Gasteiger partial charge in [0.2, 0.25) is 0 Å². The first-order chi connectivity index (χ1) is 12.1. The Hall–Kier alpha value is -1.79. The number of carbonyl (C=O) groups excluding carboxylic acids is 1. The predicted octanol–water partition coefficient (Wildman–Crippen LogP) is 3.90. The summed E-state index contributed by atoms with van der Waals surface area (Å²) in [6, 6.07) is 9.66. The Morgan fingerprint density at radius 1 is 1.44 bits per heavy atom. The molecule has 0 saturated carbocycles. The van der Waals surface area contributed by atoms with Crippen LogP contribution < -0.4 is 15.0 Å². The van der Waals surface area contributed by atoms with Gasteiger partial charge >= 0.3 is 0 Å². The van der Waals surface area contributed by atoms with Gasteiger partial charge in [-0.05, 0) is 47.0 Å². The maximum Gasteiger partial charge on any atom is 0.254 e. The van der Waals surface area contributed by atoms with E-state index in [2.05, 4.69) is 31.1 Å². The van der Waals surface area contributed by atoms with E-state index in [4.69, 9.17) is 16.3 Å². The number of hydrogen-bond donors (Lipinski definition) is 1. The zero-order valence-electron chi connectivity index (χ0n) is 13.8. The fourth-order valence-electron chi connectivity index (χ4n) is 3.05. The van der Waals surface area contributed by atoms with Crippen molar-refractivity contribution in [1.29, 1.82) is 0 Å². The predicted molar refractivity (Wildman–Crippen MR) is 103 cm³/mol. The van der Waals surface area contributed by atoms with Crippen LogP contribution in [0.1, 0.15) is 23.2 Å². The van der Waals surface area contributed by atoms with E-state index in [9.17, 15) is 4.79 Å². The molecule has 1 N–H and O–H groups in total. The second-order valence-electron chi connectivity index (χ2n) is 5.92. The van der Waals surface area contributed by atoms with Crippen molar-refractivity contribution in [3.8, 4) is 5.75 Å². The lowest BCUT2D eigenvalue weighted by atomic mass is 10.0. The standard InChI is InChI=1S/C18H19BrClN3O2/c1-25-16-7-3-2-6-15(16)23-8-4-5-13(11-23)22-18(24)14-9-12(19)10-21-17(14)20/h2-3,6-7,9-10,13H,4-5,8,11H2,1H3,(H,22,24). The molecule has 25 heavy (non-hydrogen) atoms. The number of pyridine rings is 1. The van der Waals surface area contributed by atoms with E-state index < -0.39 is 0 Å². The van der Waals surface area contributed by atoms with E-state index >= 15 is 0 Å². The number of ether oxygens (including phenoxy) is 1. The molecule has 132 valence electrons. The monoisotopic (exact) mass is 423 g/mol. The summed E-state index contributed by atoms with van der Waals surface area (Å²) in [5, 5.41) is 3.28. The molecule has 0 aliphatic carbocycles. The number of carbonyl (C=O) groups is 1. The highest BCUT2D eigenvalue weighted by molar-refractivity contribution is 9.10. The summed E-state index contributed by atoms with van der Waals surface area (Å²) < 4.78 is 6.18. The van der Waals surface area contributed by atoms with Crippen LogP contribution in [0.2, 0.25) is 5.15 Å². The second-order valence-corrected chi connectivity index (χ2v) is 7.20. The zero-order valence-corrected chi connectivity index (χ0v) is 16.2. The van der Waals surface area contributed by atoms with Crippen molar-refractivity contribution < 1.29 is 9.53 Å². The SMILES string of the molecule is COc1ccccc1N1CCCC(NC(=O)c2cc(Br)cnc2Cl)C1. The lowest BCUT2D eigenvalue weighted by Crippen LogP contribution is -2.48. The van der Waals surface area contributed by atoms with Crippen molar-refractivity contribution in [2.24, 2.45) is 0 Å². The van der Waals surface area contributed by atoms with Gasteiger partial charge in [0, 0.05) is 29.8 Å². The van der Waals surface area contributed by atoms with Crippen molar-refractivity contribution in [3.05, 3.63) is 51.7 Å². The number of benzene rings is 1. The van der Waals surface area contributed by atoms with Gasteiger partial charge in [-0.1, -0.05) is 23.7 Å². The average molecular weight is 425 g/mol. The van der Waals surface area contributed by atoms with Crippen LogP contribution in [0.5, 0.6) is 5.75 Å². The van der Waals surface area contributed by atoms with Crippen molar-refractivity contribution in [1.82, 2.24) is 10.3 Å². The molecule has 0 bridgehead atoms. The largest absolute Gasteiger partial charge is 0.495 e. The summed E-state index contributed by atoms with van der Waals surface area (Å²) in [7, 11) is 1.67. The number of nitrogens with zero attached hydrogens (tertiary/aromatic N) is 2. The van der Waals surface area contributed by atoms with Crippen LogP contribution in [0.4, 0.5) is 5.69 Å². The zero-order chi connectivity index (χ0) is 17.8. The summed E-state index contributed by atoms with van der Waals surface area (Å²) in [6.45, 7) is 1.66. The molecule has 1 aromatic carbocycles. The first-order valence-corrected chi connectivity index (χ1v) is 9.25. The molecule has 2 aromatic rings. The van der Waals surface area contributed by atoms with Crippen LogP contribution in [0, 0.1) is 0 Å². The van der Waals surface area contributed by atoms with Gasteiger partial charge in [0.05, 0.1) is 18.4 Å². The lowest BCUT2D eigenvalue weighted by molar-refractivity contribution is 0.0933. The highest BCUT2D eigenvalue weighted by Gasteiger charge is 2.24. The number of para-hydroxylation sites is 2. The van der Waals surface area contributed by atoms with E-state index in [1.54, 1.807) is 19.4 Å². The van der Waals surface area contributed by atoms with Gasteiger partial charge < -0.3 is 15.0 Å². The first kappa shape index (κ1) is 18.0. The van der Waals surface area contributed by atoms with E-state index in [-0.39, 0.29) is 17.1 Å². The van der Waals surface area contributed by atoms with Crippen LogP contribution in [0.3, 0.4) is 0 Å². The number of amides is 1. The molecule has 1 saturated heterocycles. The maximum atomic E-state index is 12.6. The van der Waals surface area contributed by atoms with Crippen molar-refractivity contribution in [3.63, 3.8) is 0 Å². The summed E-state index contributed by atoms with van der Waals surface area (Å²) in [5.74, 6) is 0.638. The molecule has 1 amide bonds. The van der Waals surface area contributed by atoms with E-state index in [1.807, 2.05) is 24.3 Å². The molecule has 1 unspecified atom stereocenters. The Morgan fingerprint density at radius 2 is 2.24 bits per heavy atom. The molecule has 1 aliphatic rings. The Balaban J connectivity index is 1.71. The molecule has 7 heteroatoms. The number of halogens is 2. The van der Waals surface area contributed by atoms with Gasteiger partial charge in [-0.25, -0.2) is 4.98 Å². The van der Waals surface area contributed by atoms with Gasteiger partial charge in [-0.15, -0.1) is 0 Å². The molecular formula is C18H19BrClN3O2. The van der Waals surface area contributed by atoms with Gasteiger partial charge in [0.1, 0.15) is 10.9 Å². The van der Waals surface area contributed by atoms with E-state index in [0.29, 0.717) is 5.56 Å². The van der Waals surface area contributed by atoms with E-state index in [0.717, 1.165) is 41.8 Å².